The van der Waals surface area contributed by atoms with E-state index in [1.165, 1.54) is 11.5 Å². The van der Waals surface area contributed by atoms with E-state index in [2.05, 4.69) is 9.69 Å². The first-order valence-corrected chi connectivity index (χ1v) is 4.35. The molecule has 2 N–H and O–H groups in total. The minimum atomic E-state index is -0.984. The first kappa shape index (κ1) is 8.99. The maximum atomic E-state index is 10.1. The molecule has 0 bridgehead atoms. The molecular formula is C7H10N2O2S. The number of rotatable bonds is 3. The van der Waals surface area contributed by atoms with Gasteiger partial charge in [-0.3, -0.25) is 0 Å². The average Bonchev–Trinajstić information content (AvgIpc) is 2.35. The van der Waals surface area contributed by atoms with Gasteiger partial charge >= 0.3 is 6.09 Å². The van der Waals surface area contributed by atoms with Crippen molar-refractivity contribution in [2.45, 2.75) is 13.3 Å². The van der Waals surface area contributed by atoms with Crippen molar-refractivity contribution in [2.75, 3.05) is 6.54 Å². The highest BCUT2D eigenvalue weighted by Crippen LogP contribution is 2.07. The molecule has 4 nitrogen and oxygen atoms in total. The maximum absolute atomic E-state index is 10.1. The van der Waals surface area contributed by atoms with Gasteiger partial charge in [-0.2, -0.15) is 4.37 Å². The average molecular weight is 186 g/mol. The van der Waals surface area contributed by atoms with E-state index in [1.807, 2.05) is 13.0 Å². The number of hydrogen-bond acceptors (Lipinski definition) is 3. The minimum absolute atomic E-state index is 0.429. The second kappa shape index (κ2) is 4.06. The Hall–Kier alpha value is -1.10. The van der Waals surface area contributed by atoms with Crippen molar-refractivity contribution < 1.29 is 9.90 Å². The topological polar surface area (TPSA) is 62.2 Å². The van der Waals surface area contributed by atoms with E-state index < -0.39 is 6.09 Å². The van der Waals surface area contributed by atoms with Crippen molar-refractivity contribution in [3.8, 4) is 0 Å². The van der Waals surface area contributed by atoms with Crippen molar-refractivity contribution in [1.29, 1.82) is 0 Å². The Balaban J connectivity index is 2.29. The van der Waals surface area contributed by atoms with Crippen LogP contribution in [0.5, 0.6) is 0 Å². The van der Waals surface area contributed by atoms with Gasteiger partial charge in [-0.05, 0) is 24.5 Å². The molecule has 66 valence electrons. The summed E-state index contributed by atoms with van der Waals surface area (Å²) in [6, 6.07) is 1.97. The summed E-state index contributed by atoms with van der Waals surface area (Å²) >= 11 is 1.44. The van der Waals surface area contributed by atoms with Crippen molar-refractivity contribution in [2.24, 2.45) is 0 Å². The lowest BCUT2D eigenvalue weighted by Crippen LogP contribution is -2.23. The smallest absolute Gasteiger partial charge is 0.404 e. The third kappa shape index (κ3) is 2.87. The predicted molar refractivity (Wildman–Crippen MR) is 46.6 cm³/mol. The summed E-state index contributed by atoms with van der Waals surface area (Å²) in [4.78, 5) is 11.2. The van der Waals surface area contributed by atoms with E-state index in [4.69, 9.17) is 5.11 Å². The van der Waals surface area contributed by atoms with Crippen LogP contribution in [0.1, 0.15) is 10.6 Å². The van der Waals surface area contributed by atoms with Crippen LogP contribution in [0.2, 0.25) is 0 Å². The minimum Gasteiger partial charge on any atom is -0.465 e. The number of aryl methyl sites for hydroxylation is 1. The second-order valence-corrected chi connectivity index (χ2v) is 3.42. The van der Waals surface area contributed by atoms with E-state index in [-0.39, 0.29) is 0 Å². The highest BCUT2D eigenvalue weighted by molar-refractivity contribution is 7.05. The summed E-state index contributed by atoms with van der Waals surface area (Å²) in [6.07, 6.45) is -0.321. The predicted octanol–water partition coefficient (Wildman–Crippen LogP) is 1.26. The Kier molecular flexibility index (Phi) is 3.04. The Bertz CT molecular complexity index is 272. The van der Waals surface area contributed by atoms with Gasteiger partial charge < -0.3 is 10.4 Å². The fraction of sp³-hybridized carbons (Fsp3) is 0.429. The number of hydrogen-bond donors (Lipinski definition) is 2. The molecule has 0 saturated heterocycles. The fourth-order valence-corrected chi connectivity index (χ4v) is 1.43. The molecule has 1 amide bonds. The Morgan fingerprint density at radius 1 is 1.83 bits per heavy atom. The molecule has 12 heavy (non-hydrogen) atoms. The van der Waals surface area contributed by atoms with Crippen LogP contribution in [0.3, 0.4) is 0 Å². The quantitative estimate of drug-likeness (QED) is 0.747. The Morgan fingerprint density at radius 2 is 2.58 bits per heavy atom. The third-order valence-electron chi connectivity index (χ3n) is 1.33. The maximum Gasteiger partial charge on any atom is 0.404 e. The van der Waals surface area contributed by atoms with Crippen LogP contribution in [-0.4, -0.2) is 22.1 Å². The SMILES string of the molecule is Cc1cc(CCNC(=O)O)ns1. The van der Waals surface area contributed by atoms with Gasteiger partial charge in [0.1, 0.15) is 0 Å². The normalized spacial score (nSPS) is 9.75. The molecular weight excluding hydrogens is 176 g/mol. The molecule has 0 aromatic carbocycles. The van der Waals surface area contributed by atoms with Crippen molar-refractivity contribution in [3.63, 3.8) is 0 Å². The van der Waals surface area contributed by atoms with Crippen LogP contribution < -0.4 is 5.32 Å². The zero-order valence-corrected chi connectivity index (χ0v) is 7.52. The first-order valence-electron chi connectivity index (χ1n) is 3.57. The molecule has 0 aliphatic heterocycles. The van der Waals surface area contributed by atoms with Gasteiger partial charge in [-0.25, -0.2) is 4.79 Å². The largest absolute Gasteiger partial charge is 0.465 e. The number of amides is 1. The molecule has 1 aromatic heterocycles. The van der Waals surface area contributed by atoms with Crippen LogP contribution >= 0.6 is 11.5 Å². The molecule has 0 spiro atoms. The number of carboxylic acid groups (broad SMARTS) is 1. The molecule has 0 saturated carbocycles. The fourth-order valence-electron chi connectivity index (χ4n) is 0.833. The highest BCUT2D eigenvalue weighted by atomic mass is 32.1. The molecule has 1 heterocycles. The molecule has 0 fully saturated rings. The summed E-state index contributed by atoms with van der Waals surface area (Å²) in [5.74, 6) is 0. The molecule has 0 atom stereocenters. The van der Waals surface area contributed by atoms with Crippen molar-refractivity contribution in [1.82, 2.24) is 9.69 Å². The Morgan fingerprint density at radius 3 is 3.08 bits per heavy atom. The van der Waals surface area contributed by atoms with Crippen molar-refractivity contribution in [3.05, 3.63) is 16.6 Å². The summed E-state index contributed by atoms with van der Waals surface area (Å²) in [5.41, 5.74) is 0.950. The van der Waals surface area contributed by atoms with Crippen LogP contribution in [-0.2, 0) is 6.42 Å². The lowest BCUT2D eigenvalue weighted by atomic mass is 10.3. The van der Waals surface area contributed by atoms with Gasteiger partial charge in [0.15, 0.2) is 0 Å². The molecule has 0 radical (unpaired) electrons. The summed E-state index contributed by atoms with van der Waals surface area (Å²) in [6.45, 7) is 2.41. The van der Waals surface area contributed by atoms with Crippen LogP contribution in [0.25, 0.3) is 0 Å². The van der Waals surface area contributed by atoms with Crippen LogP contribution in [0.4, 0.5) is 4.79 Å². The van der Waals surface area contributed by atoms with Gasteiger partial charge in [-0.15, -0.1) is 0 Å². The molecule has 0 aliphatic carbocycles. The van der Waals surface area contributed by atoms with Gasteiger partial charge in [0, 0.05) is 17.8 Å². The summed E-state index contributed by atoms with van der Waals surface area (Å²) in [5, 5.41) is 10.6. The monoisotopic (exact) mass is 186 g/mol. The van der Waals surface area contributed by atoms with Crippen LogP contribution in [0.15, 0.2) is 6.07 Å². The molecule has 5 heteroatoms. The third-order valence-corrected chi connectivity index (χ3v) is 2.07. The van der Waals surface area contributed by atoms with Gasteiger partial charge in [0.05, 0.1) is 5.69 Å². The summed E-state index contributed by atoms with van der Waals surface area (Å²) in [7, 11) is 0. The standard InChI is InChI=1S/C7H10N2O2S/c1-5-4-6(9-12-5)2-3-8-7(10)11/h4,8H,2-3H2,1H3,(H,10,11). The zero-order chi connectivity index (χ0) is 8.97. The zero-order valence-electron chi connectivity index (χ0n) is 6.70. The first-order chi connectivity index (χ1) is 5.68. The molecule has 0 unspecified atom stereocenters. The number of aromatic nitrogens is 1. The number of carbonyl (C=O) groups is 1. The molecule has 0 aliphatic rings. The summed E-state index contributed by atoms with van der Waals surface area (Å²) < 4.78 is 4.12. The lowest BCUT2D eigenvalue weighted by Gasteiger charge is -1.96. The second-order valence-electron chi connectivity index (χ2n) is 2.41. The van der Waals surface area contributed by atoms with E-state index >= 15 is 0 Å². The molecule has 1 rings (SSSR count). The molecule has 1 aromatic rings. The van der Waals surface area contributed by atoms with E-state index in [9.17, 15) is 4.79 Å². The van der Waals surface area contributed by atoms with E-state index in [0.717, 1.165) is 10.6 Å². The Labute approximate surface area is 74.4 Å². The van der Waals surface area contributed by atoms with Gasteiger partial charge in [-0.1, -0.05) is 0 Å². The number of nitrogens with zero attached hydrogens (tertiary/aromatic N) is 1. The van der Waals surface area contributed by atoms with E-state index in [0.29, 0.717) is 13.0 Å². The highest BCUT2D eigenvalue weighted by Gasteiger charge is 1.99. The lowest BCUT2D eigenvalue weighted by molar-refractivity contribution is 0.194. The van der Waals surface area contributed by atoms with Gasteiger partial charge in [0.25, 0.3) is 0 Å². The van der Waals surface area contributed by atoms with Gasteiger partial charge in [0.2, 0.25) is 0 Å². The van der Waals surface area contributed by atoms with Crippen LogP contribution in [0, 0.1) is 6.92 Å². The van der Waals surface area contributed by atoms with Crippen molar-refractivity contribution >= 4 is 17.6 Å². The number of nitrogens with one attached hydrogen (secondary N) is 1. The van der Waals surface area contributed by atoms with E-state index in [1.54, 1.807) is 0 Å².